The van der Waals surface area contributed by atoms with Crippen LogP contribution in [0.25, 0.3) is 0 Å². The van der Waals surface area contributed by atoms with E-state index in [-0.39, 0.29) is 11.8 Å². The lowest BCUT2D eigenvalue weighted by atomic mass is 9.58. The average molecular weight is 314 g/mol. The van der Waals surface area contributed by atoms with Gasteiger partial charge in [-0.1, -0.05) is 6.92 Å². The molecule has 0 aromatic carbocycles. The van der Waals surface area contributed by atoms with E-state index < -0.39 is 29.6 Å². The summed E-state index contributed by atoms with van der Waals surface area (Å²) in [4.78, 5) is 16.3. The standard InChI is InChI=1S/C15H22O7/c1-8-3-4-10-14(7-17-14)11(20-16)18-12-15(10)9(8)5-6-13(2,19-12)21-22-15/h8-12,16H,3-7H2,1-2H3/t8-,9?,10?,11-,12-,13-,14+,15-/m1/s1. The monoisotopic (exact) mass is 314 g/mol. The third-order valence-corrected chi connectivity index (χ3v) is 6.53. The molecule has 124 valence electrons. The molecule has 1 aliphatic carbocycles. The summed E-state index contributed by atoms with van der Waals surface area (Å²) in [6, 6.07) is 0. The third-order valence-electron chi connectivity index (χ3n) is 6.53. The molecule has 8 atom stereocenters. The zero-order valence-electron chi connectivity index (χ0n) is 12.8. The van der Waals surface area contributed by atoms with Crippen LogP contribution in [0.3, 0.4) is 0 Å². The maximum absolute atomic E-state index is 9.28. The van der Waals surface area contributed by atoms with Crippen LogP contribution in [0.15, 0.2) is 0 Å². The second kappa shape index (κ2) is 4.22. The maximum Gasteiger partial charge on any atom is 0.225 e. The molecule has 5 heterocycles. The molecule has 1 N–H and O–H groups in total. The van der Waals surface area contributed by atoms with Crippen LogP contribution in [0.1, 0.15) is 39.5 Å². The lowest BCUT2D eigenvalue weighted by Gasteiger charge is -2.59. The number of ether oxygens (including phenoxy) is 3. The first-order valence-corrected chi connectivity index (χ1v) is 8.18. The molecule has 6 aliphatic rings. The summed E-state index contributed by atoms with van der Waals surface area (Å²) >= 11 is 0. The Morgan fingerprint density at radius 3 is 2.73 bits per heavy atom. The second-order valence-corrected chi connectivity index (χ2v) is 7.67. The molecule has 2 bridgehead atoms. The highest BCUT2D eigenvalue weighted by Gasteiger charge is 2.78. The van der Waals surface area contributed by atoms with Crippen molar-refractivity contribution in [3.63, 3.8) is 0 Å². The smallest absolute Gasteiger partial charge is 0.225 e. The van der Waals surface area contributed by atoms with E-state index in [1.54, 1.807) is 0 Å². The minimum Gasteiger partial charge on any atom is -0.363 e. The van der Waals surface area contributed by atoms with E-state index in [0.717, 1.165) is 25.7 Å². The SMILES string of the molecule is C[C@@H]1CCC2[C@]34OO[C@](C)(CCC13)O[C@H]4O[C@H](OO)[C@]21CO1. The van der Waals surface area contributed by atoms with Crippen LogP contribution < -0.4 is 0 Å². The van der Waals surface area contributed by atoms with Crippen molar-refractivity contribution < 1.29 is 34.1 Å². The summed E-state index contributed by atoms with van der Waals surface area (Å²) in [6.07, 6.45) is 2.28. The fourth-order valence-corrected chi connectivity index (χ4v) is 5.27. The van der Waals surface area contributed by atoms with Crippen LogP contribution in [0.4, 0.5) is 0 Å². The largest absolute Gasteiger partial charge is 0.363 e. The third kappa shape index (κ3) is 1.51. The van der Waals surface area contributed by atoms with E-state index >= 15 is 0 Å². The Morgan fingerprint density at radius 1 is 1.18 bits per heavy atom. The van der Waals surface area contributed by atoms with Crippen molar-refractivity contribution in [3.05, 3.63) is 0 Å². The zero-order valence-corrected chi connectivity index (χ0v) is 12.8. The van der Waals surface area contributed by atoms with E-state index in [1.165, 1.54) is 0 Å². The molecule has 0 amide bonds. The van der Waals surface area contributed by atoms with Gasteiger partial charge in [0.25, 0.3) is 0 Å². The van der Waals surface area contributed by atoms with E-state index in [9.17, 15) is 5.26 Å². The summed E-state index contributed by atoms with van der Waals surface area (Å²) in [5.41, 5.74) is -1.33. The summed E-state index contributed by atoms with van der Waals surface area (Å²) < 4.78 is 17.8. The summed E-state index contributed by atoms with van der Waals surface area (Å²) in [6.45, 7) is 4.62. The molecule has 2 unspecified atom stereocenters. The van der Waals surface area contributed by atoms with Gasteiger partial charge in [0, 0.05) is 12.3 Å². The highest BCUT2D eigenvalue weighted by molar-refractivity contribution is 5.18. The molecule has 2 spiro atoms. The predicted octanol–water partition coefficient (Wildman–Crippen LogP) is 1.82. The molecule has 6 fully saturated rings. The molecule has 0 aromatic heterocycles. The van der Waals surface area contributed by atoms with Crippen LogP contribution in [-0.4, -0.2) is 41.4 Å². The number of epoxide rings is 1. The Bertz CT molecular complexity index is 494. The molecule has 0 radical (unpaired) electrons. The van der Waals surface area contributed by atoms with Gasteiger partial charge in [-0.2, -0.15) is 0 Å². The zero-order chi connectivity index (χ0) is 15.2. The number of fused-ring (bicyclic) bond motifs is 3. The van der Waals surface area contributed by atoms with Gasteiger partial charge in [-0.25, -0.2) is 19.9 Å². The van der Waals surface area contributed by atoms with Crippen molar-refractivity contribution in [2.75, 3.05) is 6.61 Å². The fraction of sp³-hybridized carbons (Fsp3) is 1.00. The Kier molecular flexibility index (Phi) is 2.70. The Morgan fingerprint density at radius 2 is 2.00 bits per heavy atom. The predicted molar refractivity (Wildman–Crippen MR) is 70.1 cm³/mol. The van der Waals surface area contributed by atoms with Gasteiger partial charge < -0.3 is 14.2 Å². The molecule has 0 aromatic rings. The summed E-state index contributed by atoms with van der Waals surface area (Å²) in [5, 5.41) is 9.28. The fourth-order valence-electron chi connectivity index (χ4n) is 5.27. The van der Waals surface area contributed by atoms with E-state index in [2.05, 4.69) is 11.8 Å². The van der Waals surface area contributed by atoms with Crippen molar-refractivity contribution in [1.82, 2.24) is 0 Å². The van der Waals surface area contributed by atoms with Crippen molar-refractivity contribution in [2.45, 2.75) is 69.1 Å². The molecule has 6 rings (SSSR count). The molecule has 1 saturated carbocycles. The van der Waals surface area contributed by atoms with Gasteiger partial charge in [0.1, 0.15) is 0 Å². The first kappa shape index (κ1) is 14.1. The highest BCUT2D eigenvalue weighted by atomic mass is 17.3. The quantitative estimate of drug-likeness (QED) is 0.449. The van der Waals surface area contributed by atoms with Gasteiger partial charge in [-0.3, -0.25) is 0 Å². The first-order chi connectivity index (χ1) is 10.5. The molecular weight excluding hydrogens is 292 g/mol. The molecule has 5 aliphatic heterocycles. The van der Waals surface area contributed by atoms with Gasteiger partial charge in [0.2, 0.25) is 12.1 Å². The normalized spacial score (nSPS) is 62.6. The van der Waals surface area contributed by atoms with Crippen LogP contribution in [-0.2, 0) is 28.9 Å². The van der Waals surface area contributed by atoms with Crippen LogP contribution in [0, 0.1) is 17.8 Å². The van der Waals surface area contributed by atoms with Gasteiger partial charge in [0.05, 0.1) is 6.61 Å². The Labute approximate surface area is 128 Å². The van der Waals surface area contributed by atoms with Crippen LogP contribution in [0.2, 0.25) is 0 Å². The van der Waals surface area contributed by atoms with Gasteiger partial charge in [-0.05, 0) is 38.0 Å². The highest BCUT2D eigenvalue weighted by Crippen LogP contribution is 2.64. The second-order valence-electron chi connectivity index (χ2n) is 7.67. The van der Waals surface area contributed by atoms with Gasteiger partial charge in [0.15, 0.2) is 17.5 Å². The number of hydrogen-bond donors (Lipinski definition) is 1. The van der Waals surface area contributed by atoms with E-state index in [1.807, 2.05) is 6.92 Å². The van der Waals surface area contributed by atoms with Gasteiger partial charge in [-0.15, -0.1) is 0 Å². The van der Waals surface area contributed by atoms with Crippen molar-refractivity contribution in [1.29, 1.82) is 0 Å². The Hall–Kier alpha value is -0.280. The van der Waals surface area contributed by atoms with Crippen molar-refractivity contribution >= 4 is 0 Å². The molecule has 7 heteroatoms. The average Bonchev–Trinajstić information content (AvgIpc) is 3.30. The van der Waals surface area contributed by atoms with Crippen molar-refractivity contribution in [2.24, 2.45) is 17.8 Å². The van der Waals surface area contributed by atoms with Crippen molar-refractivity contribution in [3.8, 4) is 0 Å². The maximum atomic E-state index is 9.28. The number of rotatable bonds is 1. The van der Waals surface area contributed by atoms with Crippen LogP contribution >= 0.6 is 0 Å². The lowest BCUT2D eigenvalue weighted by molar-refractivity contribution is -0.585. The van der Waals surface area contributed by atoms with Crippen LogP contribution in [0.5, 0.6) is 0 Å². The lowest BCUT2D eigenvalue weighted by Crippen LogP contribution is -2.73. The molecule has 7 nitrogen and oxygen atoms in total. The minimum absolute atomic E-state index is 0.0275. The van der Waals surface area contributed by atoms with E-state index in [4.69, 9.17) is 24.0 Å². The minimum atomic E-state index is -0.839. The molecule has 22 heavy (non-hydrogen) atoms. The molecular formula is C15H22O7. The van der Waals surface area contributed by atoms with Gasteiger partial charge >= 0.3 is 0 Å². The Balaban J connectivity index is 1.64. The summed E-state index contributed by atoms with van der Waals surface area (Å²) in [7, 11) is 0. The first-order valence-electron chi connectivity index (χ1n) is 8.18. The molecule has 5 saturated heterocycles. The van der Waals surface area contributed by atoms with E-state index in [0.29, 0.717) is 12.5 Å². The summed E-state index contributed by atoms with van der Waals surface area (Å²) in [5.74, 6) is -0.00894. The number of hydrogen-bond acceptors (Lipinski definition) is 7. The topological polar surface area (TPSA) is 78.9 Å².